The number of nitrogens with one attached hydrogen (secondary N) is 3. The first-order valence-electron chi connectivity index (χ1n) is 11.8. The maximum absolute atomic E-state index is 12.6. The van der Waals surface area contributed by atoms with Crippen molar-refractivity contribution in [2.24, 2.45) is 5.92 Å². The van der Waals surface area contributed by atoms with E-state index in [9.17, 15) is 19.5 Å². The molecule has 0 bridgehead atoms. The van der Waals surface area contributed by atoms with Crippen LogP contribution >= 0.6 is 0 Å². The lowest BCUT2D eigenvalue weighted by molar-refractivity contribution is -0.146. The number of carboxylic acids is 1. The van der Waals surface area contributed by atoms with Crippen LogP contribution in [0.3, 0.4) is 0 Å². The number of carbonyl (C=O) groups excluding carboxylic acids is 2. The number of aliphatic carboxylic acids is 1. The Hall–Kier alpha value is -3.94. The second-order valence-electron chi connectivity index (χ2n) is 9.58. The summed E-state index contributed by atoms with van der Waals surface area (Å²) in [6, 6.07) is 19.2. The molecular weight excluding hydrogens is 444 g/mol. The van der Waals surface area contributed by atoms with Crippen molar-refractivity contribution in [2.45, 2.75) is 51.0 Å². The van der Waals surface area contributed by atoms with E-state index in [2.05, 4.69) is 20.8 Å². The lowest BCUT2D eigenvalue weighted by Gasteiger charge is -2.30. The molecule has 0 aliphatic heterocycles. The monoisotopic (exact) mass is 474 g/mol. The summed E-state index contributed by atoms with van der Waals surface area (Å²) in [4.78, 5) is 36.4. The average Bonchev–Trinajstić information content (AvgIpc) is 3.35. The molecule has 0 atom stereocenters. The molecule has 8 heteroatoms. The first-order chi connectivity index (χ1) is 16.7. The molecular formula is C27H30N4O4. The number of anilines is 1. The summed E-state index contributed by atoms with van der Waals surface area (Å²) in [6.07, 6.45) is 3.14. The van der Waals surface area contributed by atoms with E-state index >= 15 is 0 Å². The van der Waals surface area contributed by atoms with Crippen molar-refractivity contribution in [1.29, 1.82) is 0 Å². The highest BCUT2D eigenvalue weighted by Crippen LogP contribution is 2.36. The highest BCUT2D eigenvalue weighted by molar-refractivity contribution is 6.03. The van der Waals surface area contributed by atoms with Crippen LogP contribution in [-0.4, -0.2) is 38.6 Å². The number of amides is 2. The van der Waals surface area contributed by atoms with Gasteiger partial charge in [-0.15, -0.1) is 0 Å². The standard InChI is InChI=1S/C27H30N4O4/c1-27(2,26(34)35)29-24(32)20-10-8-17(9-11-20)18-12-14-21(15-13-18)28-25(33)23-16-22(30-31-23)19-6-4-3-5-7-19/h3-7,12-17,20H,8-11H2,1-2H3,(H,28,33)(H,29,32)(H,30,31)(H,34,35)/t17-,20+. The van der Waals surface area contributed by atoms with Crippen molar-refractivity contribution >= 4 is 23.5 Å². The van der Waals surface area contributed by atoms with Crippen LogP contribution in [0.2, 0.25) is 0 Å². The van der Waals surface area contributed by atoms with Crippen LogP contribution in [0.5, 0.6) is 0 Å². The summed E-state index contributed by atoms with van der Waals surface area (Å²) in [5.74, 6) is -1.34. The number of aromatic amines is 1. The molecule has 0 saturated heterocycles. The van der Waals surface area contributed by atoms with Gasteiger partial charge in [0.25, 0.3) is 5.91 Å². The van der Waals surface area contributed by atoms with Crippen molar-refractivity contribution < 1.29 is 19.5 Å². The third-order valence-electron chi connectivity index (χ3n) is 6.60. The number of hydrogen-bond donors (Lipinski definition) is 4. The number of carboxylic acid groups (broad SMARTS) is 1. The fourth-order valence-corrected chi connectivity index (χ4v) is 4.38. The summed E-state index contributed by atoms with van der Waals surface area (Å²) in [5, 5.41) is 21.8. The maximum atomic E-state index is 12.6. The zero-order valence-corrected chi connectivity index (χ0v) is 19.9. The van der Waals surface area contributed by atoms with Gasteiger partial charge in [-0.1, -0.05) is 42.5 Å². The van der Waals surface area contributed by atoms with Gasteiger partial charge in [-0.2, -0.15) is 5.10 Å². The van der Waals surface area contributed by atoms with Crippen LogP contribution in [0.4, 0.5) is 5.69 Å². The van der Waals surface area contributed by atoms with E-state index in [0.717, 1.165) is 18.4 Å². The van der Waals surface area contributed by atoms with E-state index in [0.29, 0.717) is 35.8 Å². The van der Waals surface area contributed by atoms with Crippen molar-refractivity contribution in [3.8, 4) is 11.3 Å². The molecule has 0 spiro atoms. The Morgan fingerprint density at radius 3 is 2.26 bits per heavy atom. The molecule has 2 aromatic carbocycles. The summed E-state index contributed by atoms with van der Waals surface area (Å²) in [6.45, 7) is 2.99. The van der Waals surface area contributed by atoms with Gasteiger partial charge in [0.1, 0.15) is 11.2 Å². The predicted octanol–water partition coefficient (Wildman–Crippen LogP) is 4.58. The fourth-order valence-electron chi connectivity index (χ4n) is 4.38. The average molecular weight is 475 g/mol. The molecule has 182 valence electrons. The predicted molar refractivity (Wildman–Crippen MR) is 133 cm³/mol. The zero-order chi connectivity index (χ0) is 25.0. The fraction of sp³-hybridized carbons (Fsp3) is 0.333. The molecule has 1 heterocycles. The molecule has 4 rings (SSSR count). The van der Waals surface area contributed by atoms with Crippen molar-refractivity contribution in [3.05, 3.63) is 71.9 Å². The molecule has 1 aliphatic carbocycles. The molecule has 3 aromatic rings. The van der Waals surface area contributed by atoms with Crippen molar-refractivity contribution in [2.75, 3.05) is 5.32 Å². The topological polar surface area (TPSA) is 124 Å². The van der Waals surface area contributed by atoms with Crippen LogP contribution in [0.25, 0.3) is 11.3 Å². The van der Waals surface area contributed by atoms with Gasteiger partial charge in [0.15, 0.2) is 0 Å². The molecule has 1 fully saturated rings. The van der Waals surface area contributed by atoms with E-state index in [1.807, 2.05) is 54.6 Å². The van der Waals surface area contributed by atoms with Crippen molar-refractivity contribution in [3.63, 3.8) is 0 Å². The van der Waals surface area contributed by atoms with Crippen LogP contribution in [0.15, 0.2) is 60.7 Å². The van der Waals surface area contributed by atoms with Gasteiger partial charge < -0.3 is 15.7 Å². The van der Waals surface area contributed by atoms with E-state index < -0.39 is 11.5 Å². The van der Waals surface area contributed by atoms with Crippen LogP contribution in [-0.2, 0) is 9.59 Å². The van der Waals surface area contributed by atoms with Gasteiger partial charge in [-0.3, -0.25) is 14.7 Å². The van der Waals surface area contributed by atoms with Gasteiger partial charge in [0, 0.05) is 17.2 Å². The minimum absolute atomic E-state index is 0.168. The highest BCUT2D eigenvalue weighted by atomic mass is 16.4. The first kappa shape index (κ1) is 24.2. The Bertz CT molecular complexity index is 1190. The Morgan fingerprint density at radius 1 is 0.971 bits per heavy atom. The summed E-state index contributed by atoms with van der Waals surface area (Å²) < 4.78 is 0. The normalized spacial score (nSPS) is 18.0. The third-order valence-corrected chi connectivity index (χ3v) is 6.60. The number of rotatable bonds is 7. The quantitative estimate of drug-likeness (QED) is 0.399. The maximum Gasteiger partial charge on any atom is 0.328 e. The van der Waals surface area contributed by atoms with Gasteiger partial charge in [-0.05, 0) is 69.2 Å². The lowest BCUT2D eigenvalue weighted by atomic mass is 9.78. The first-order valence-corrected chi connectivity index (χ1v) is 11.8. The lowest BCUT2D eigenvalue weighted by Crippen LogP contribution is -2.51. The summed E-state index contributed by atoms with van der Waals surface area (Å²) in [7, 11) is 0. The second-order valence-corrected chi connectivity index (χ2v) is 9.58. The minimum atomic E-state index is -1.27. The number of carbonyl (C=O) groups is 3. The van der Waals surface area contributed by atoms with Crippen LogP contribution in [0.1, 0.15) is 61.5 Å². The largest absolute Gasteiger partial charge is 0.480 e. The van der Waals surface area contributed by atoms with E-state index in [4.69, 9.17) is 0 Å². The molecule has 8 nitrogen and oxygen atoms in total. The van der Waals surface area contributed by atoms with E-state index in [1.165, 1.54) is 19.4 Å². The molecule has 1 aromatic heterocycles. The van der Waals surface area contributed by atoms with Crippen LogP contribution in [0, 0.1) is 5.92 Å². The Morgan fingerprint density at radius 2 is 1.63 bits per heavy atom. The van der Waals surface area contributed by atoms with Crippen molar-refractivity contribution in [1.82, 2.24) is 15.5 Å². The Balaban J connectivity index is 1.30. The number of H-pyrrole nitrogens is 1. The van der Waals surface area contributed by atoms with E-state index in [1.54, 1.807) is 6.07 Å². The Kier molecular flexibility index (Phi) is 7.00. The molecule has 1 aliphatic rings. The molecule has 4 N–H and O–H groups in total. The van der Waals surface area contributed by atoms with Gasteiger partial charge in [0.2, 0.25) is 5.91 Å². The number of nitrogens with zero attached hydrogens (tertiary/aromatic N) is 1. The van der Waals surface area contributed by atoms with Crippen LogP contribution < -0.4 is 10.6 Å². The molecule has 0 radical (unpaired) electrons. The summed E-state index contributed by atoms with van der Waals surface area (Å²) >= 11 is 0. The molecule has 35 heavy (non-hydrogen) atoms. The molecule has 1 saturated carbocycles. The van der Waals surface area contributed by atoms with Gasteiger partial charge >= 0.3 is 5.97 Å². The Labute approximate surface area is 204 Å². The number of benzene rings is 2. The second kappa shape index (κ2) is 10.1. The highest BCUT2D eigenvalue weighted by Gasteiger charge is 2.33. The summed E-state index contributed by atoms with van der Waals surface area (Å²) in [5.41, 5.74) is 2.62. The van der Waals surface area contributed by atoms with E-state index in [-0.39, 0.29) is 17.7 Å². The SMILES string of the molecule is CC(C)(NC(=O)[C@H]1CC[C@@H](c2ccc(NC(=O)c3cc(-c4ccccc4)n[nH]3)cc2)CC1)C(=O)O. The third kappa shape index (κ3) is 5.77. The molecule has 0 unspecified atom stereocenters. The molecule has 2 amide bonds. The number of aromatic nitrogens is 2. The smallest absolute Gasteiger partial charge is 0.328 e. The van der Waals surface area contributed by atoms with Gasteiger partial charge in [0.05, 0.1) is 5.69 Å². The minimum Gasteiger partial charge on any atom is -0.480 e. The van der Waals surface area contributed by atoms with Gasteiger partial charge in [-0.25, -0.2) is 4.79 Å². The zero-order valence-electron chi connectivity index (χ0n) is 19.9. The number of hydrogen-bond acceptors (Lipinski definition) is 4.